The van der Waals surface area contributed by atoms with Crippen LogP contribution in [0.2, 0.25) is 0 Å². The van der Waals surface area contributed by atoms with Crippen molar-refractivity contribution in [3.05, 3.63) is 29.3 Å². The summed E-state index contributed by atoms with van der Waals surface area (Å²) < 4.78 is 5.50. The lowest BCUT2D eigenvalue weighted by Gasteiger charge is -2.00. The Bertz CT molecular complexity index is 456. The van der Waals surface area contributed by atoms with Gasteiger partial charge in [-0.1, -0.05) is 0 Å². The summed E-state index contributed by atoms with van der Waals surface area (Å²) in [5.41, 5.74) is 3.29. The number of aromatic amines is 1. The van der Waals surface area contributed by atoms with Crippen LogP contribution in [0.4, 0.5) is 0 Å². The zero-order valence-corrected chi connectivity index (χ0v) is 9.22. The lowest BCUT2D eigenvalue weighted by Crippen LogP contribution is -2.05. The maximum atomic E-state index is 5.50. The van der Waals surface area contributed by atoms with Crippen molar-refractivity contribution in [2.45, 2.75) is 20.4 Å². The third-order valence-corrected chi connectivity index (χ3v) is 2.40. The Hall–Kier alpha value is -1.55. The molecule has 80 valence electrons. The standard InChI is InChI=1S/C11H15N3O/c1-7-4-10(8(2)15-7)11-9(5-12-3)6-13-14-11/h4,6,12H,5H2,1-3H3,(H,13,14). The molecule has 0 radical (unpaired) electrons. The summed E-state index contributed by atoms with van der Waals surface area (Å²) in [5, 5.41) is 10.2. The van der Waals surface area contributed by atoms with Gasteiger partial charge in [-0.05, 0) is 27.0 Å². The third kappa shape index (κ3) is 1.80. The normalized spacial score (nSPS) is 10.9. The van der Waals surface area contributed by atoms with Crippen LogP contribution in [0.3, 0.4) is 0 Å². The Morgan fingerprint density at radius 3 is 2.87 bits per heavy atom. The van der Waals surface area contributed by atoms with Crippen molar-refractivity contribution < 1.29 is 4.42 Å². The van der Waals surface area contributed by atoms with E-state index in [9.17, 15) is 0 Å². The first-order valence-electron chi connectivity index (χ1n) is 4.96. The number of hydrogen-bond donors (Lipinski definition) is 2. The fourth-order valence-electron chi connectivity index (χ4n) is 1.75. The van der Waals surface area contributed by atoms with Gasteiger partial charge in [-0.25, -0.2) is 0 Å². The van der Waals surface area contributed by atoms with Gasteiger partial charge in [-0.2, -0.15) is 5.10 Å². The topological polar surface area (TPSA) is 53.9 Å². The minimum atomic E-state index is 0.801. The molecule has 0 aliphatic carbocycles. The van der Waals surface area contributed by atoms with Crippen molar-refractivity contribution in [1.29, 1.82) is 0 Å². The van der Waals surface area contributed by atoms with E-state index in [1.165, 1.54) is 0 Å². The molecule has 4 heteroatoms. The molecular formula is C11H15N3O. The monoisotopic (exact) mass is 205 g/mol. The predicted molar refractivity (Wildman–Crippen MR) is 58.5 cm³/mol. The molecule has 0 bridgehead atoms. The number of H-pyrrole nitrogens is 1. The van der Waals surface area contributed by atoms with Crippen molar-refractivity contribution in [2.24, 2.45) is 0 Å². The number of rotatable bonds is 3. The van der Waals surface area contributed by atoms with Crippen LogP contribution in [-0.2, 0) is 6.54 Å². The average Bonchev–Trinajstić information content (AvgIpc) is 2.73. The van der Waals surface area contributed by atoms with E-state index in [4.69, 9.17) is 4.42 Å². The molecule has 2 heterocycles. The second-order valence-electron chi connectivity index (χ2n) is 3.63. The molecule has 0 unspecified atom stereocenters. The quantitative estimate of drug-likeness (QED) is 0.805. The maximum Gasteiger partial charge on any atom is 0.110 e. The Morgan fingerprint density at radius 2 is 2.27 bits per heavy atom. The van der Waals surface area contributed by atoms with E-state index in [0.29, 0.717) is 0 Å². The molecule has 0 saturated carbocycles. The van der Waals surface area contributed by atoms with Crippen molar-refractivity contribution in [3.63, 3.8) is 0 Å². The van der Waals surface area contributed by atoms with Crippen LogP contribution in [0.25, 0.3) is 11.3 Å². The summed E-state index contributed by atoms with van der Waals surface area (Å²) in [5.74, 6) is 1.85. The molecule has 0 saturated heterocycles. The van der Waals surface area contributed by atoms with E-state index < -0.39 is 0 Å². The highest BCUT2D eigenvalue weighted by molar-refractivity contribution is 5.65. The smallest absolute Gasteiger partial charge is 0.110 e. The number of nitrogens with one attached hydrogen (secondary N) is 2. The Morgan fingerprint density at radius 1 is 1.47 bits per heavy atom. The predicted octanol–water partition coefficient (Wildman–Crippen LogP) is 2.01. The van der Waals surface area contributed by atoms with E-state index >= 15 is 0 Å². The van der Waals surface area contributed by atoms with Crippen LogP contribution >= 0.6 is 0 Å². The lowest BCUT2D eigenvalue weighted by molar-refractivity contribution is 0.505. The largest absolute Gasteiger partial charge is 0.466 e. The maximum absolute atomic E-state index is 5.50. The van der Waals surface area contributed by atoms with Crippen LogP contribution in [0.1, 0.15) is 17.1 Å². The number of hydrogen-bond acceptors (Lipinski definition) is 3. The van der Waals surface area contributed by atoms with E-state index in [0.717, 1.165) is 34.9 Å². The number of aromatic nitrogens is 2. The van der Waals surface area contributed by atoms with Gasteiger partial charge in [0.1, 0.15) is 11.5 Å². The van der Waals surface area contributed by atoms with Crippen LogP contribution in [0.15, 0.2) is 16.7 Å². The second kappa shape index (κ2) is 3.90. The zero-order chi connectivity index (χ0) is 10.8. The van der Waals surface area contributed by atoms with Gasteiger partial charge < -0.3 is 9.73 Å². The van der Waals surface area contributed by atoms with Crippen molar-refractivity contribution in [2.75, 3.05) is 7.05 Å². The molecule has 0 aliphatic heterocycles. The summed E-state index contributed by atoms with van der Waals surface area (Å²) in [4.78, 5) is 0. The van der Waals surface area contributed by atoms with Crippen LogP contribution < -0.4 is 5.32 Å². The van der Waals surface area contributed by atoms with Crippen molar-refractivity contribution in [1.82, 2.24) is 15.5 Å². The van der Waals surface area contributed by atoms with Crippen LogP contribution in [0, 0.1) is 13.8 Å². The molecule has 0 fully saturated rings. The molecular weight excluding hydrogens is 190 g/mol. The van der Waals surface area contributed by atoms with Gasteiger partial charge in [0.2, 0.25) is 0 Å². The Labute approximate surface area is 88.7 Å². The summed E-state index contributed by atoms with van der Waals surface area (Å²) in [6.45, 7) is 4.71. The van der Waals surface area contributed by atoms with Crippen molar-refractivity contribution in [3.8, 4) is 11.3 Å². The fourth-order valence-corrected chi connectivity index (χ4v) is 1.75. The first-order valence-corrected chi connectivity index (χ1v) is 4.96. The first-order chi connectivity index (χ1) is 7.22. The summed E-state index contributed by atoms with van der Waals surface area (Å²) in [6.07, 6.45) is 1.84. The molecule has 2 N–H and O–H groups in total. The highest BCUT2D eigenvalue weighted by atomic mass is 16.3. The molecule has 2 aromatic heterocycles. The molecule has 0 atom stereocenters. The van der Waals surface area contributed by atoms with E-state index in [-0.39, 0.29) is 0 Å². The molecule has 2 rings (SSSR count). The van der Waals surface area contributed by atoms with Gasteiger partial charge in [0.05, 0.1) is 11.9 Å². The second-order valence-corrected chi connectivity index (χ2v) is 3.63. The van der Waals surface area contributed by atoms with Gasteiger partial charge in [0, 0.05) is 17.7 Å². The molecule has 0 spiro atoms. The molecule has 15 heavy (non-hydrogen) atoms. The molecule has 2 aromatic rings. The highest BCUT2D eigenvalue weighted by Crippen LogP contribution is 2.27. The van der Waals surface area contributed by atoms with Gasteiger partial charge >= 0.3 is 0 Å². The highest BCUT2D eigenvalue weighted by Gasteiger charge is 2.12. The van der Waals surface area contributed by atoms with Crippen molar-refractivity contribution >= 4 is 0 Å². The van der Waals surface area contributed by atoms with Crippen LogP contribution in [0.5, 0.6) is 0 Å². The summed E-state index contributed by atoms with van der Waals surface area (Å²) >= 11 is 0. The van der Waals surface area contributed by atoms with E-state index in [1.807, 2.05) is 33.2 Å². The Kier molecular flexibility index (Phi) is 2.60. The fraction of sp³-hybridized carbons (Fsp3) is 0.364. The third-order valence-electron chi connectivity index (χ3n) is 2.40. The van der Waals surface area contributed by atoms with Gasteiger partial charge in [-0.15, -0.1) is 0 Å². The Balaban J connectivity index is 2.44. The number of nitrogens with zero attached hydrogens (tertiary/aromatic N) is 1. The minimum absolute atomic E-state index is 0.801. The van der Waals surface area contributed by atoms with Gasteiger partial charge in [0.25, 0.3) is 0 Å². The lowest BCUT2D eigenvalue weighted by atomic mass is 10.1. The van der Waals surface area contributed by atoms with E-state index in [2.05, 4.69) is 15.5 Å². The molecule has 0 amide bonds. The molecule has 0 aromatic carbocycles. The zero-order valence-electron chi connectivity index (χ0n) is 9.22. The SMILES string of the molecule is CNCc1cn[nH]c1-c1cc(C)oc1C. The molecule has 0 aliphatic rings. The first kappa shape index (κ1) is 9.98. The number of furan rings is 1. The minimum Gasteiger partial charge on any atom is -0.466 e. The van der Waals surface area contributed by atoms with Crippen LogP contribution in [-0.4, -0.2) is 17.2 Å². The van der Waals surface area contributed by atoms with E-state index in [1.54, 1.807) is 0 Å². The summed E-state index contributed by atoms with van der Waals surface area (Å²) in [7, 11) is 1.92. The van der Waals surface area contributed by atoms with Gasteiger partial charge in [-0.3, -0.25) is 5.10 Å². The average molecular weight is 205 g/mol. The van der Waals surface area contributed by atoms with Gasteiger partial charge in [0.15, 0.2) is 0 Å². The molecule has 4 nitrogen and oxygen atoms in total. The summed E-state index contributed by atoms with van der Waals surface area (Å²) in [6, 6.07) is 2.03. The number of aryl methyl sites for hydroxylation is 2.